The number of rotatable bonds is 8. The van der Waals surface area contributed by atoms with Crippen molar-refractivity contribution >= 4 is 11.8 Å². The average molecular weight is 378 g/mol. The highest BCUT2D eigenvalue weighted by Crippen LogP contribution is 2.32. The lowest BCUT2D eigenvalue weighted by molar-refractivity contribution is -0.139. The van der Waals surface area contributed by atoms with Crippen molar-refractivity contribution in [2.24, 2.45) is 5.92 Å². The van der Waals surface area contributed by atoms with Gasteiger partial charge in [0, 0.05) is 26.6 Å². The lowest BCUT2D eigenvalue weighted by atomic mass is 9.91. The van der Waals surface area contributed by atoms with Gasteiger partial charge in [0.05, 0.1) is 32.3 Å². The number of hydrogen-bond acceptors (Lipinski definition) is 5. The van der Waals surface area contributed by atoms with Gasteiger partial charge in [0.25, 0.3) is 0 Å². The van der Waals surface area contributed by atoms with Gasteiger partial charge < -0.3 is 24.4 Å². The van der Waals surface area contributed by atoms with Gasteiger partial charge in [0.15, 0.2) is 11.5 Å². The van der Waals surface area contributed by atoms with Gasteiger partial charge >= 0.3 is 0 Å². The fourth-order valence-electron chi connectivity index (χ4n) is 3.25. The molecule has 1 atom stereocenters. The zero-order valence-electron chi connectivity index (χ0n) is 16.8. The minimum Gasteiger partial charge on any atom is -0.493 e. The minimum absolute atomic E-state index is 0.0512. The van der Waals surface area contributed by atoms with E-state index in [1.54, 1.807) is 26.2 Å². The summed E-state index contributed by atoms with van der Waals surface area (Å²) in [6.07, 6.45) is 0.953. The summed E-state index contributed by atoms with van der Waals surface area (Å²) in [6.45, 7) is 5.30. The Hall–Kier alpha value is -2.28. The molecule has 150 valence electrons. The average Bonchev–Trinajstić information content (AvgIpc) is 2.66. The standard InChI is InChI=1S/C20H30N2O5/c1-20(2,15-7-8-16(26-4)17(12-15)27-5)21-19(24)14-6-9-18(23)22(13-14)10-11-25-3/h7-8,12,14H,6,9-11,13H2,1-5H3,(H,21,24)/t14-/m1/s1. The fourth-order valence-corrected chi connectivity index (χ4v) is 3.25. The van der Waals surface area contributed by atoms with Crippen LogP contribution in [0.2, 0.25) is 0 Å². The number of nitrogens with one attached hydrogen (secondary N) is 1. The van der Waals surface area contributed by atoms with Crippen molar-refractivity contribution in [2.45, 2.75) is 32.2 Å². The summed E-state index contributed by atoms with van der Waals surface area (Å²) in [4.78, 5) is 26.6. The Morgan fingerprint density at radius 2 is 1.93 bits per heavy atom. The maximum atomic E-state index is 12.9. The molecule has 0 aliphatic carbocycles. The molecule has 1 N–H and O–H groups in total. The van der Waals surface area contributed by atoms with Crippen LogP contribution < -0.4 is 14.8 Å². The number of benzene rings is 1. The van der Waals surface area contributed by atoms with Crippen LogP contribution >= 0.6 is 0 Å². The SMILES string of the molecule is COCCN1C[C@H](C(=O)NC(C)(C)c2ccc(OC)c(OC)c2)CCC1=O. The van der Waals surface area contributed by atoms with E-state index in [4.69, 9.17) is 14.2 Å². The Bertz CT molecular complexity index is 674. The van der Waals surface area contributed by atoms with Gasteiger partial charge in [0.1, 0.15) is 0 Å². The maximum Gasteiger partial charge on any atom is 0.225 e. The Morgan fingerprint density at radius 1 is 1.22 bits per heavy atom. The topological polar surface area (TPSA) is 77.1 Å². The largest absolute Gasteiger partial charge is 0.493 e. The molecular formula is C20H30N2O5. The van der Waals surface area contributed by atoms with Crippen molar-refractivity contribution in [3.63, 3.8) is 0 Å². The summed E-state index contributed by atoms with van der Waals surface area (Å²) < 4.78 is 15.7. The van der Waals surface area contributed by atoms with Gasteiger partial charge in [-0.1, -0.05) is 6.07 Å². The number of amides is 2. The number of nitrogens with zero attached hydrogens (tertiary/aromatic N) is 1. The predicted molar refractivity (Wildman–Crippen MR) is 102 cm³/mol. The third-order valence-electron chi connectivity index (χ3n) is 4.98. The van der Waals surface area contributed by atoms with Crippen molar-refractivity contribution in [1.82, 2.24) is 10.2 Å². The molecule has 0 spiro atoms. The van der Waals surface area contributed by atoms with Crippen LogP contribution in [0.25, 0.3) is 0 Å². The molecular weight excluding hydrogens is 348 g/mol. The van der Waals surface area contributed by atoms with Crippen LogP contribution in [0.1, 0.15) is 32.3 Å². The zero-order chi connectivity index (χ0) is 20.0. The Balaban J connectivity index is 2.08. The summed E-state index contributed by atoms with van der Waals surface area (Å²) in [5, 5.41) is 3.12. The monoisotopic (exact) mass is 378 g/mol. The molecule has 1 aromatic carbocycles. The second-order valence-electron chi connectivity index (χ2n) is 7.25. The van der Waals surface area contributed by atoms with E-state index in [9.17, 15) is 9.59 Å². The lowest BCUT2D eigenvalue weighted by Gasteiger charge is -2.34. The summed E-state index contributed by atoms with van der Waals surface area (Å²) in [6, 6.07) is 5.61. The molecule has 1 saturated heterocycles. The number of hydrogen-bond donors (Lipinski definition) is 1. The molecule has 1 heterocycles. The van der Waals surface area contributed by atoms with Crippen LogP contribution in [0.3, 0.4) is 0 Å². The van der Waals surface area contributed by atoms with Crippen LogP contribution in [0, 0.1) is 5.92 Å². The first kappa shape index (κ1) is 21.0. The minimum atomic E-state index is -0.588. The first-order valence-corrected chi connectivity index (χ1v) is 9.13. The molecule has 1 fully saturated rings. The van der Waals surface area contributed by atoms with E-state index in [-0.39, 0.29) is 17.7 Å². The van der Waals surface area contributed by atoms with Crippen molar-refractivity contribution in [3.8, 4) is 11.5 Å². The molecule has 1 aliphatic heterocycles. The number of methoxy groups -OCH3 is 3. The molecule has 1 aromatic rings. The molecule has 0 aromatic heterocycles. The van der Waals surface area contributed by atoms with Gasteiger partial charge in [-0.2, -0.15) is 0 Å². The third kappa shape index (κ3) is 5.13. The van der Waals surface area contributed by atoms with Gasteiger partial charge in [-0.3, -0.25) is 9.59 Å². The van der Waals surface area contributed by atoms with Gasteiger partial charge in [0.2, 0.25) is 11.8 Å². The third-order valence-corrected chi connectivity index (χ3v) is 4.98. The van der Waals surface area contributed by atoms with E-state index in [2.05, 4.69) is 5.32 Å². The van der Waals surface area contributed by atoms with Gasteiger partial charge in [-0.25, -0.2) is 0 Å². The summed E-state index contributed by atoms with van der Waals surface area (Å²) in [5.74, 6) is 1.06. The Kier molecular flexibility index (Phi) is 7.07. The number of carbonyl (C=O) groups is 2. The summed E-state index contributed by atoms with van der Waals surface area (Å²) >= 11 is 0. The number of likely N-dealkylation sites (tertiary alicyclic amines) is 1. The first-order chi connectivity index (χ1) is 12.8. The molecule has 2 rings (SSSR count). The van der Waals surface area contributed by atoms with Crippen LogP contribution in [0.15, 0.2) is 18.2 Å². The second kappa shape index (κ2) is 9.08. The number of piperidine rings is 1. The molecule has 0 unspecified atom stereocenters. The highest BCUT2D eigenvalue weighted by molar-refractivity contribution is 5.84. The molecule has 1 aliphatic rings. The van der Waals surface area contributed by atoms with E-state index in [1.807, 2.05) is 32.0 Å². The van der Waals surface area contributed by atoms with E-state index in [1.165, 1.54) is 0 Å². The zero-order valence-corrected chi connectivity index (χ0v) is 16.8. The molecule has 7 nitrogen and oxygen atoms in total. The van der Waals surface area contributed by atoms with E-state index < -0.39 is 5.54 Å². The van der Waals surface area contributed by atoms with Crippen LogP contribution in [0.4, 0.5) is 0 Å². The number of ether oxygens (including phenoxy) is 3. The van der Waals surface area contributed by atoms with Crippen molar-refractivity contribution in [3.05, 3.63) is 23.8 Å². The van der Waals surface area contributed by atoms with Crippen molar-refractivity contribution in [1.29, 1.82) is 0 Å². The molecule has 7 heteroatoms. The molecule has 2 amide bonds. The van der Waals surface area contributed by atoms with Crippen LogP contribution in [-0.2, 0) is 19.9 Å². The normalized spacial score (nSPS) is 17.6. The van der Waals surface area contributed by atoms with Crippen molar-refractivity contribution in [2.75, 3.05) is 41.0 Å². The second-order valence-corrected chi connectivity index (χ2v) is 7.25. The summed E-state index contributed by atoms with van der Waals surface area (Å²) in [7, 11) is 4.77. The van der Waals surface area contributed by atoms with Crippen LogP contribution in [-0.4, -0.2) is 57.7 Å². The van der Waals surface area contributed by atoms with E-state index in [0.29, 0.717) is 44.0 Å². The highest BCUT2D eigenvalue weighted by atomic mass is 16.5. The first-order valence-electron chi connectivity index (χ1n) is 9.13. The van der Waals surface area contributed by atoms with E-state index >= 15 is 0 Å². The van der Waals surface area contributed by atoms with Gasteiger partial charge in [-0.15, -0.1) is 0 Å². The van der Waals surface area contributed by atoms with Crippen LogP contribution in [0.5, 0.6) is 11.5 Å². The van der Waals surface area contributed by atoms with E-state index in [0.717, 1.165) is 5.56 Å². The molecule has 27 heavy (non-hydrogen) atoms. The predicted octanol–water partition coefficient (Wildman–Crippen LogP) is 1.94. The van der Waals surface area contributed by atoms with Crippen molar-refractivity contribution < 1.29 is 23.8 Å². The lowest BCUT2D eigenvalue weighted by Crippen LogP contribution is -2.50. The molecule has 0 radical (unpaired) electrons. The quantitative estimate of drug-likeness (QED) is 0.748. The van der Waals surface area contributed by atoms with Gasteiger partial charge in [-0.05, 0) is 38.0 Å². The molecule has 0 saturated carbocycles. The smallest absolute Gasteiger partial charge is 0.225 e. The Morgan fingerprint density at radius 3 is 2.56 bits per heavy atom. The summed E-state index contributed by atoms with van der Waals surface area (Å²) in [5.41, 5.74) is 0.326. The number of carbonyl (C=O) groups excluding carboxylic acids is 2. The fraction of sp³-hybridized carbons (Fsp3) is 0.600. The molecule has 0 bridgehead atoms. The Labute approximate surface area is 161 Å². The highest BCUT2D eigenvalue weighted by Gasteiger charge is 2.33. The maximum absolute atomic E-state index is 12.9.